The third-order valence-corrected chi connectivity index (χ3v) is 2.58. The number of anilines is 1. The fourth-order valence-electron chi connectivity index (χ4n) is 1.59. The molecule has 2 rings (SSSR count). The highest BCUT2D eigenvalue weighted by Gasteiger charge is 2.15. The maximum Gasteiger partial charge on any atom is 0.297 e. The number of nitrogens with zero attached hydrogens (tertiary/aromatic N) is 2. The van der Waals surface area contributed by atoms with Crippen molar-refractivity contribution in [1.82, 2.24) is 4.98 Å². The predicted octanol–water partition coefficient (Wildman–Crippen LogP) is 2.40. The first kappa shape index (κ1) is 8.88. The number of hydrogen-bond acceptors (Lipinski definition) is 3. The first-order valence-corrected chi connectivity index (χ1v) is 5.19. The highest BCUT2D eigenvalue weighted by atomic mass is 35.5. The second kappa shape index (κ2) is 4.01. The summed E-state index contributed by atoms with van der Waals surface area (Å²) >= 11 is 5.64. The molecule has 0 unspecified atom stereocenters. The van der Waals surface area contributed by atoms with Gasteiger partial charge in [-0.15, -0.1) is 11.6 Å². The Morgan fingerprint density at radius 3 is 2.77 bits per heavy atom. The number of halogens is 1. The van der Waals surface area contributed by atoms with Gasteiger partial charge < -0.3 is 9.32 Å². The molecule has 2 heterocycles. The molecule has 0 amide bonds. The Morgan fingerprint density at radius 2 is 2.15 bits per heavy atom. The van der Waals surface area contributed by atoms with E-state index in [0.29, 0.717) is 5.88 Å². The van der Waals surface area contributed by atoms with Crippen molar-refractivity contribution in [3.8, 4) is 0 Å². The molecule has 1 aromatic heterocycles. The number of aromatic nitrogens is 1. The quantitative estimate of drug-likeness (QED) is 0.687. The van der Waals surface area contributed by atoms with Gasteiger partial charge >= 0.3 is 0 Å². The van der Waals surface area contributed by atoms with Gasteiger partial charge in [-0.05, 0) is 19.3 Å². The van der Waals surface area contributed by atoms with Gasteiger partial charge in [0.1, 0.15) is 6.26 Å². The molecule has 0 N–H and O–H groups in total. The van der Waals surface area contributed by atoms with E-state index in [1.807, 2.05) is 0 Å². The first-order valence-electron chi connectivity index (χ1n) is 4.65. The van der Waals surface area contributed by atoms with Crippen molar-refractivity contribution in [2.45, 2.75) is 25.1 Å². The van der Waals surface area contributed by atoms with E-state index in [-0.39, 0.29) is 0 Å². The maximum absolute atomic E-state index is 5.64. The smallest absolute Gasteiger partial charge is 0.297 e. The summed E-state index contributed by atoms with van der Waals surface area (Å²) in [7, 11) is 0. The second-order valence-corrected chi connectivity index (χ2v) is 3.57. The van der Waals surface area contributed by atoms with Crippen LogP contribution in [0.4, 0.5) is 6.01 Å². The lowest BCUT2D eigenvalue weighted by Crippen LogP contribution is -2.29. The van der Waals surface area contributed by atoms with Gasteiger partial charge in [0.25, 0.3) is 6.01 Å². The topological polar surface area (TPSA) is 29.3 Å². The molecule has 0 bridgehead atoms. The van der Waals surface area contributed by atoms with E-state index >= 15 is 0 Å². The number of alkyl halides is 1. The molecule has 13 heavy (non-hydrogen) atoms. The zero-order valence-electron chi connectivity index (χ0n) is 7.50. The molecule has 1 aliphatic rings. The van der Waals surface area contributed by atoms with Crippen molar-refractivity contribution in [3.05, 3.63) is 12.0 Å². The van der Waals surface area contributed by atoms with Crippen LogP contribution in [-0.2, 0) is 5.88 Å². The van der Waals surface area contributed by atoms with Crippen LogP contribution in [0.1, 0.15) is 25.0 Å². The first-order chi connectivity index (χ1) is 6.40. The summed E-state index contributed by atoms with van der Waals surface area (Å²) in [5.74, 6) is 0.428. The number of hydrogen-bond donors (Lipinski definition) is 0. The second-order valence-electron chi connectivity index (χ2n) is 3.30. The van der Waals surface area contributed by atoms with Crippen molar-refractivity contribution >= 4 is 17.6 Å². The van der Waals surface area contributed by atoms with Gasteiger partial charge in [0.15, 0.2) is 0 Å². The monoisotopic (exact) mass is 200 g/mol. The van der Waals surface area contributed by atoms with Gasteiger partial charge in [0, 0.05) is 13.1 Å². The van der Waals surface area contributed by atoms with Crippen molar-refractivity contribution in [2.24, 2.45) is 0 Å². The summed E-state index contributed by atoms with van der Waals surface area (Å²) in [5, 5.41) is 0. The Hall–Kier alpha value is -0.700. The molecule has 1 fully saturated rings. The van der Waals surface area contributed by atoms with Gasteiger partial charge in [0.2, 0.25) is 0 Å². The summed E-state index contributed by atoms with van der Waals surface area (Å²) in [6.45, 7) is 2.12. The molecule has 0 aromatic carbocycles. The molecule has 3 nitrogen and oxygen atoms in total. The minimum Gasteiger partial charge on any atom is -0.432 e. The van der Waals surface area contributed by atoms with Gasteiger partial charge in [-0.1, -0.05) is 0 Å². The number of oxazole rings is 1. The average Bonchev–Trinajstić information content (AvgIpc) is 2.67. The van der Waals surface area contributed by atoms with Crippen molar-refractivity contribution in [1.29, 1.82) is 0 Å². The van der Waals surface area contributed by atoms with Gasteiger partial charge in [-0.2, -0.15) is 4.98 Å². The van der Waals surface area contributed by atoms with Crippen LogP contribution in [0.25, 0.3) is 0 Å². The standard InChI is InChI=1S/C9H13ClN2O/c10-6-8-7-13-9(11-8)12-4-2-1-3-5-12/h7H,1-6H2. The van der Waals surface area contributed by atoms with Crippen LogP contribution in [0.2, 0.25) is 0 Å². The van der Waals surface area contributed by atoms with Gasteiger partial charge in [-0.25, -0.2) is 0 Å². The van der Waals surface area contributed by atoms with E-state index in [0.717, 1.165) is 24.8 Å². The van der Waals surface area contributed by atoms with Crippen LogP contribution >= 0.6 is 11.6 Å². The molecular weight excluding hydrogens is 188 g/mol. The molecule has 1 saturated heterocycles. The van der Waals surface area contributed by atoms with Crippen LogP contribution in [-0.4, -0.2) is 18.1 Å². The highest BCUT2D eigenvalue weighted by molar-refractivity contribution is 6.16. The van der Waals surface area contributed by atoms with Crippen molar-refractivity contribution in [3.63, 3.8) is 0 Å². The maximum atomic E-state index is 5.64. The minimum absolute atomic E-state index is 0.428. The van der Waals surface area contributed by atoms with Crippen LogP contribution < -0.4 is 4.90 Å². The van der Waals surface area contributed by atoms with E-state index in [1.54, 1.807) is 6.26 Å². The zero-order chi connectivity index (χ0) is 9.10. The molecule has 0 aliphatic carbocycles. The summed E-state index contributed by atoms with van der Waals surface area (Å²) in [6, 6.07) is 0.732. The lowest BCUT2D eigenvalue weighted by atomic mass is 10.1. The Morgan fingerprint density at radius 1 is 1.38 bits per heavy atom. The van der Waals surface area contributed by atoms with E-state index in [4.69, 9.17) is 16.0 Å². The number of rotatable bonds is 2. The molecule has 1 aliphatic heterocycles. The van der Waals surface area contributed by atoms with Crippen LogP contribution in [0.5, 0.6) is 0 Å². The van der Waals surface area contributed by atoms with E-state index in [9.17, 15) is 0 Å². The normalized spacial score (nSPS) is 17.8. The van der Waals surface area contributed by atoms with Gasteiger partial charge in [0.05, 0.1) is 11.6 Å². The Balaban J connectivity index is 2.05. The molecule has 1 aromatic rings. The van der Waals surface area contributed by atoms with E-state index in [1.165, 1.54) is 19.3 Å². The summed E-state index contributed by atoms with van der Waals surface area (Å²) in [5.41, 5.74) is 0.822. The fourth-order valence-corrected chi connectivity index (χ4v) is 1.71. The molecule has 0 saturated carbocycles. The Labute approximate surface area is 82.7 Å². The molecule has 0 atom stereocenters. The van der Waals surface area contributed by atoms with Crippen LogP contribution in [0, 0.1) is 0 Å². The SMILES string of the molecule is ClCc1coc(N2CCCCC2)n1. The fraction of sp³-hybridized carbons (Fsp3) is 0.667. The lowest BCUT2D eigenvalue weighted by Gasteiger charge is -2.24. The van der Waals surface area contributed by atoms with E-state index < -0.39 is 0 Å². The highest BCUT2D eigenvalue weighted by Crippen LogP contribution is 2.19. The van der Waals surface area contributed by atoms with Crippen molar-refractivity contribution < 1.29 is 4.42 Å². The van der Waals surface area contributed by atoms with Crippen molar-refractivity contribution in [2.75, 3.05) is 18.0 Å². The molecular formula is C9H13ClN2O. The Kier molecular flexibility index (Phi) is 2.74. The summed E-state index contributed by atoms with van der Waals surface area (Å²) in [4.78, 5) is 6.46. The molecule has 72 valence electrons. The van der Waals surface area contributed by atoms with Crippen LogP contribution in [0.3, 0.4) is 0 Å². The third-order valence-electron chi connectivity index (χ3n) is 2.30. The zero-order valence-corrected chi connectivity index (χ0v) is 8.26. The molecule has 0 radical (unpaired) electrons. The largest absolute Gasteiger partial charge is 0.432 e. The number of piperidine rings is 1. The Bertz CT molecular complexity index is 268. The van der Waals surface area contributed by atoms with Gasteiger partial charge in [-0.3, -0.25) is 0 Å². The third kappa shape index (κ3) is 1.97. The lowest BCUT2D eigenvalue weighted by molar-refractivity contribution is 0.491. The predicted molar refractivity (Wildman–Crippen MR) is 52.1 cm³/mol. The van der Waals surface area contributed by atoms with E-state index in [2.05, 4.69) is 9.88 Å². The summed E-state index contributed by atoms with van der Waals surface area (Å²) in [6.07, 6.45) is 5.42. The van der Waals surface area contributed by atoms with Crippen LogP contribution in [0.15, 0.2) is 10.7 Å². The minimum atomic E-state index is 0.428. The summed E-state index contributed by atoms with van der Waals surface area (Å²) < 4.78 is 5.33. The average molecular weight is 201 g/mol. The molecule has 0 spiro atoms. The molecule has 4 heteroatoms.